The molecule has 1 aliphatic rings. The molecule has 62 valence electrons. The lowest BCUT2D eigenvalue weighted by atomic mass is 10.1. The molecule has 2 amide bonds. The van der Waals surface area contributed by atoms with E-state index in [1.165, 1.54) is 0 Å². The standard InChI is InChI=1S/C8H14N2O/c1-8(2,3)10-6-4-5-9-7(10)11/h4,6H,5H2,1-3H3,(H,9,11). The molecular weight excluding hydrogens is 140 g/mol. The SMILES string of the molecule is CC(C)(C)N1C=CCNC1=O. The highest BCUT2D eigenvalue weighted by Gasteiger charge is 2.25. The topological polar surface area (TPSA) is 32.3 Å². The second-order valence-electron chi connectivity index (χ2n) is 3.61. The van der Waals surface area contributed by atoms with Crippen molar-refractivity contribution in [1.29, 1.82) is 0 Å². The van der Waals surface area contributed by atoms with Crippen LogP contribution in [0.2, 0.25) is 0 Å². The van der Waals surface area contributed by atoms with Crippen LogP contribution < -0.4 is 5.32 Å². The third kappa shape index (κ3) is 1.73. The lowest BCUT2D eigenvalue weighted by Crippen LogP contribution is -2.49. The Labute approximate surface area is 67.1 Å². The number of rotatable bonds is 0. The van der Waals surface area contributed by atoms with Gasteiger partial charge in [0.05, 0.1) is 0 Å². The number of carbonyl (C=O) groups excluding carboxylic acids is 1. The van der Waals surface area contributed by atoms with Crippen molar-refractivity contribution in [2.24, 2.45) is 0 Å². The minimum Gasteiger partial charge on any atom is -0.334 e. The molecule has 0 saturated heterocycles. The fourth-order valence-electron chi connectivity index (χ4n) is 0.985. The quantitative estimate of drug-likeness (QED) is 0.560. The summed E-state index contributed by atoms with van der Waals surface area (Å²) >= 11 is 0. The first kappa shape index (κ1) is 8.11. The van der Waals surface area contributed by atoms with Crippen LogP contribution in [0.25, 0.3) is 0 Å². The van der Waals surface area contributed by atoms with E-state index in [1.54, 1.807) is 4.90 Å². The smallest absolute Gasteiger partial charge is 0.322 e. The van der Waals surface area contributed by atoms with Crippen LogP contribution in [-0.4, -0.2) is 23.0 Å². The second-order valence-corrected chi connectivity index (χ2v) is 3.61. The highest BCUT2D eigenvalue weighted by molar-refractivity contribution is 5.77. The van der Waals surface area contributed by atoms with Gasteiger partial charge in [0.2, 0.25) is 0 Å². The summed E-state index contributed by atoms with van der Waals surface area (Å²) in [5.74, 6) is 0. The molecule has 0 radical (unpaired) electrons. The zero-order valence-electron chi connectivity index (χ0n) is 7.22. The van der Waals surface area contributed by atoms with E-state index in [-0.39, 0.29) is 11.6 Å². The van der Waals surface area contributed by atoms with Crippen LogP contribution in [0.15, 0.2) is 12.3 Å². The Morgan fingerprint density at radius 3 is 2.55 bits per heavy atom. The predicted molar refractivity (Wildman–Crippen MR) is 44.1 cm³/mol. The van der Waals surface area contributed by atoms with Crippen molar-refractivity contribution in [3.8, 4) is 0 Å². The van der Waals surface area contributed by atoms with E-state index in [1.807, 2.05) is 33.0 Å². The van der Waals surface area contributed by atoms with Crippen molar-refractivity contribution in [3.63, 3.8) is 0 Å². The van der Waals surface area contributed by atoms with Gasteiger partial charge in [-0.3, -0.25) is 4.90 Å². The van der Waals surface area contributed by atoms with E-state index in [4.69, 9.17) is 0 Å². The fourth-order valence-corrected chi connectivity index (χ4v) is 0.985. The number of nitrogens with one attached hydrogen (secondary N) is 1. The summed E-state index contributed by atoms with van der Waals surface area (Å²) in [6.07, 6.45) is 3.77. The van der Waals surface area contributed by atoms with Crippen LogP contribution in [0, 0.1) is 0 Å². The van der Waals surface area contributed by atoms with Crippen molar-refractivity contribution >= 4 is 6.03 Å². The molecule has 0 aliphatic carbocycles. The third-order valence-corrected chi connectivity index (χ3v) is 1.57. The number of hydrogen-bond acceptors (Lipinski definition) is 1. The summed E-state index contributed by atoms with van der Waals surface area (Å²) in [5, 5.41) is 2.74. The molecule has 0 aromatic rings. The Morgan fingerprint density at radius 1 is 1.55 bits per heavy atom. The van der Waals surface area contributed by atoms with Crippen LogP contribution in [0.3, 0.4) is 0 Å². The fraction of sp³-hybridized carbons (Fsp3) is 0.625. The average molecular weight is 154 g/mol. The molecule has 1 heterocycles. The molecule has 0 aromatic carbocycles. The van der Waals surface area contributed by atoms with Gasteiger partial charge in [0.1, 0.15) is 0 Å². The molecule has 0 bridgehead atoms. The third-order valence-electron chi connectivity index (χ3n) is 1.57. The maximum Gasteiger partial charge on any atom is 0.322 e. The summed E-state index contributed by atoms with van der Waals surface area (Å²) in [6, 6.07) is -0.0139. The Bertz CT molecular complexity index is 191. The molecule has 3 nitrogen and oxygen atoms in total. The van der Waals surface area contributed by atoms with Crippen LogP contribution in [-0.2, 0) is 0 Å². The molecular formula is C8H14N2O. The largest absolute Gasteiger partial charge is 0.334 e. The van der Waals surface area contributed by atoms with E-state index in [0.717, 1.165) is 0 Å². The maximum atomic E-state index is 11.2. The van der Waals surface area contributed by atoms with Crippen LogP contribution in [0.5, 0.6) is 0 Å². The zero-order chi connectivity index (χ0) is 8.48. The molecule has 0 fully saturated rings. The summed E-state index contributed by atoms with van der Waals surface area (Å²) < 4.78 is 0. The van der Waals surface area contributed by atoms with Crippen LogP contribution >= 0.6 is 0 Å². The Balaban J connectivity index is 2.77. The minimum atomic E-state index is -0.124. The van der Waals surface area contributed by atoms with Gasteiger partial charge < -0.3 is 5.32 Å². The molecule has 1 aliphatic heterocycles. The monoisotopic (exact) mass is 154 g/mol. The van der Waals surface area contributed by atoms with Crippen molar-refractivity contribution in [2.45, 2.75) is 26.3 Å². The highest BCUT2D eigenvalue weighted by atomic mass is 16.2. The first-order chi connectivity index (χ1) is 5.02. The maximum absolute atomic E-state index is 11.2. The molecule has 11 heavy (non-hydrogen) atoms. The van der Waals surface area contributed by atoms with Crippen molar-refractivity contribution < 1.29 is 4.79 Å². The second kappa shape index (κ2) is 2.57. The summed E-state index contributed by atoms with van der Waals surface area (Å²) in [6.45, 7) is 6.65. The van der Waals surface area contributed by atoms with Gasteiger partial charge in [0.25, 0.3) is 0 Å². The Hall–Kier alpha value is -0.990. The molecule has 1 rings (SSSR count). The molecule has 0 atom stereocenters. The summed E-state index contributed by atoms with van der Waals surface area (Å²) in [5.41, 5.74) is -0.124. The van der Waals surface area contributed by atoms with Gasteiger partial charge in [0.15, 0.2) is 0 Å². The number of nitrogens with zero attached hydrogens (tertiary/aromatic N) is 1. The Morgan fingerprint density at radius 2 is 2.18 bits per heavy atom. The first-order valence-electron chi connectivity index (χ1n) is 3.75. The number of hydrogen-bond donors (Lipinski definition) is 1. The predicted octanol–water partition coefficient (Wildman–Crippen LogP) is 1.32. The van der Waals surface area contributed by atoms with E-state index >= 15 is 0 Å². The molecule has 0 saturated carbocycles. The van der Waals surface area contributed by atoms with E-state index in [9.17, 15) is 4.79 Å². The van der Waals surface area contributed by atoms with Gasteiger partial charge in [-0.05, 0) is 26.8 Å². The van der Waals surface area contributed by atoms with Gasteiger partial charge >= 0.3 is 6.03 Å². The van der Waals surface area contributed by atoms with Crippen molar-refractivity contribution in [2.75, 3.05) is 6.54 Å². The van der Waals surface area contributed by atoms with Gasteiger partial charge in [-0.2, -0.15) is 0 Å². The number of carbonyl (C=O) groups is 1. The van der Waals surface area contributed by atoms with Crippen molar-refractivity contribution in [1.82, 2.24) is 10.2 Å². The molecule has 0 spiro atoms. The van der Waals surface area contributed by atoms with Crippen LogP contribution in [0.4, 0.5) is 4.79 Å². The van der Waals surface area contributed by atoms with E-state index in [2.05, 4.69) is 5.32 Å². The van der Waals surface area contributed by atoms with Gasteiger partial charge in [-0.1, -0.05) is 0 Å². The average Bonchev–Trinajstić information content (AvgIpc) is 1.86. The van der Waals surface area contributed by atoms with Gasteiger partial charge in [-0.15, -0.1) is 0 Å². The first-order valence-corrected chi connectivity index (χ1v) is 3.75. The highest BCUT2D eigenvalue weighted by Crippen LogP contribution is 2.14. The van der Waals surface area contributed by atoms with Crippen LogP contribution in [0.1, 0.15) is 20.8 Å². The lowest BCUT2D eigenvalue weighted by Gasteiger charge is -2.34. The Kier molecular flexibility index (Phi) is 1.89. The summed E-state index contributed by atoms with van der Waals surface area (Å²) in [7, 11) is 0. The molecule has 0 unspecified atom stereocenters. The lowest BCUT2D eigenvalue weighted by molar-refractivity contribution is 0.176. The van der Waals surface area contributed by atoms with Gasteiger partial charge in [0, 0.05) is 18.3 Å². The summed E-state index contributed by atoms with van der Waals surface area (Å²) in [4.78, 5) is 12.9. The number of urea groups is 1. The van der Waals surface area contributed by atoms with Gasteiger partial charge in [-0.25, -0.2) is 4.79 Å². The normalized spacial score (nSPS) is 18.5. The molecule has 1 N–H and O–H groups in total. The van der Waals surface area contributed by atoms with Crippen molar-refractivity contribution in [3.05, 3.63) is 12.3 Å². The molecule has 0 aromatic heterocycles. The molecule has 3 heteroatoms. The zero-order valence-corrected chi connectivity index (χ0v) is 7.22. The number of amides is 2. The van der Waals surface area contributed by atoms with E-state index < -0.39 is 0 Å². The van der Waals surface area contributed by atoms with E-state index in [0.29, 0.717) is 6.54 Å². The minimum absolute atomic E-state index is 0.0139.